The minimum atomic E-state index is -4.03. The van der Waals surface area contributed by atoms with E-state index in [1.165, 1.54) is 24.0 Å². The number of guanidine groups is 1. The van der Waals surface area contributed by atoms with Crippen molar-refractivity contribution in [2.24, 2.45) is 22.2 Å². The van der Waals surface area contributed by atoms with Crippen molar-refractivity contribution in [3.05, 3.63) is 102 Å². The van der Waals surface area contributed by atoms with E-state index < -0.39 is 87.8 Å². The Balaban J connectivity index is 0.0000130. The molecule has 1 aliphatic rings. The van der Waals surface area contributed by atoms with Crippen LogP contribution in [0.15, 0.2) is 94.8 Å². The normalized spacial score (nSPS) is 15.2. The van der Waals surface area contributed by atoms with Crippen LogP contribution in [0, 0.1) is 6.92 Å². The highest BCUT2D eigenvalue weighted by atomic mass is 35.5. The number of primary amides is 1. The zero-order valence-electron chi connectivity index (χ0n) is 39.3. The molecule has 3 aromatic rings. The minimum Gasteiger partial charge on any atom is -0.459 e. The molecule has 0 saturated carbocycles. The van der Waals surface area contributed by atoms with Gasteiger partial charge in [0, 0.05) is 26.1 Å². The number of nitrogens with two attached hydrogens (primary N) is 3. The maximum atomic E-state index is 14.2. The first-order chi connectivity index (χ1) is 32.9. The molecule has 0 unspecified atom stereocenters. The Morgan fingerprint density at radius 2 is 1.37 bits per heavy atom. The number of halogens is 1. The Morgan fingerprint density at radius 3 is 2.00 bits per heavy atom. The minimum absolute atomic E-state index is 0. The van der Waals surface area contributed by atoms with Crippen LogP contribution in [0.3, 0.4) is 0 Å². The first-order valence-electron chi connectivity index (χ1n) is 22.7. The molecule has 1 saturated heterocycles. The molecule has 3 aromatic carbocycles. The highest BCUT2D eigenvalue weighted by molar-refractivity contribution is 7.90. The van der Waals surface area contributed by atoms with Crippen LogP contribution < -0.4 is 43.2 Å². The number of alkyl carbamates (subject to hydrolysis) is 1. The third kappa shape index (κ3) is 19.7. The Hall–Kier alpha value is -6.78. The number of esters is 1. The molecule has 23 heteroatoms. The van der Waals surface area contributed by atoms with Gasteiger partial charge in [0.25, 0.3) is 10.0 Å². The van der Waals surface area contributed by atoms with E-state index in [2.05, 4.69) is 31.0 Å². The zero-order valence-corrected chi connectivity index (χ0v) is 40.9. The molecule has 0 aromatic heterocycles. The summed E-state index contributed by atoms with van der Waals surface area (Å²) in [5.74, 6) is -4.49. The summed E-state index contributed by atoms with van der Waals surface area (Å²) in [6.07, 6.45) is 0.840. The third-order valence-corrected chi connectivity index (χ3v) is 12.3. The largest absolute Gasteiger partial charge is 0.459 e. The number of carbonyl (C=O) groups is 7. The van der Waals surface area contributed by atoms with Gasteiger partial charge in [-0.25, -0.2) is 22.7 Å². The number of unbranched alkanes of at least 4 members (excludes halogenated alkanes) is 1. The van der Waals surface area contributed by atoms with Gasteiger partial charge in [0.2, 0.25) is 35.5 Å². The van der Waals surface area contributed by atoms with E-state index >= 15 is 0 Å². The molecule has 0 aliphatic carbocycles. The van der Waals surface area contributed by atoms with Crippen LogP contribution >= 0.6 is 12.4 Å². The van der Waals surface area contributed by atoms with E-state index in [0.717, 1.165) is 16.7 Å². The van der Waals surface area contributed by atoms with E-state index in [1.54, 1.807) is 36.4 Å². The van der Waals surface area contributed by atoms with Crippen LogP contribution in [-0.2, 0) is 61.5 Å². The fraction of sp³-hybridized carbons (Fsp3) is 0.447. The van der Waals surface area contributed by atoms with Crippen molar-refractivity contribution < 1.29 is 51.5 Å². The smallest absolute Gasteiger partial charge is 0.407 e. The van der Waals surface area contributed by atoms with Gasteiger partial charge in [-0.15, -0.1) is 12.4 Å². The van der Waals surface area contributed by atoms with E-state index in [1.807, 2.05) is 43.3 Å². The second-order valence-electron chi connectivity index (χ2n) is 16.6. The topological polar surface area (TPSA) is 326 Å². The molecule has 21 nitrogen and oxygen atoms in total. The van der Waals surface area contributed by atoms with E-state index in [0.29, 0.717) is 19.3 Å². The van der Waals surface area contributed by atoms with Gasteiger partial charge in [0.1, 0.15) is 37.4 Å². The predicted octanol–water partition coefficient (Wildman–Crippen LogP) is 1.69. The summed E-state index contributed by atoms with van der Waals surface area (Å²) in [6, 6.07) is 18.5. The number of rotatable bonds is 26. The zero-order chi connectivity index (χ0) is 50.3. The van der Waals surface area contributed by atoms with Gasteiger partial charge in [0.15, 0.2) is 0 Å². The molecule has 5 atom stereocenters. The van der Waals surface area contributed by atoms with Crippen molar-refractivity contribution in [3.63, 3.8) is 0 Å². The summed E-state index contributed by atoms with van der Waals surface area (Å²) in [7, 11) is -4.03. The molecular weight excluding hydrogens is 948 g/mol. The van der Waals surface area contributed by atoms with Crippen LogP contribution in [0.2, 0.25) is 0 Å². The molecule has 70 heavy (non-hydrogen) atoms. The molecule has 11 N–H and O–H groups in total. The van der Waals surface area contributed by atoms with E-state index in [-0.39, 0.29) is 88.7 Å². The number of ether oxygens (including phenoxy) is 2. The lowest BCUT2D eigenvalue weighted by atomic mass is 10.1. The van der Waals surface area contributed by atoms with Crippen molar-refractivity contribution in [1.82, 2.24) is 30.9 Å². The molecular formula is C47H65ClN10O11S. The van der Waals surface area contributed by atoms with Gasteiger partial charge in [-0.3, -0.25) is 29.0 Å². The first kappa shape index (κ1) is 57.5. The number of nitrogens with zero attached hydrogens (tertiary/aromatic N) is 2. The molecule has 0 spiro atoms. The number of hydrogen-bond acceptors (Lipinski definition) is 13. The van der Waals surface area contributed by atoms with Gasteiger partial charge in [-0.2, -0.15) is 0 Å². The summed E-state index contributed by atoms with van der Waals surface area (Å²) in [4.78, 5) is 97.0. The lowest BCUT2D eigenvalue weighted by molar-refractivity contribution is -0.149. The van der Waals surface area contributed by atoms with Gasteiger partial charge in [-0.05, 0) is 88.5 Å². The number of hydrogen-bond donors (Lipinski definition) is 8. The summed E-state index contributed by atoms with van der Waals surface area (Å²) in [5, 5.41) is 10.6. The predicted molar refractivity (Wildman–Crippen MR) is 262 cm³/mol. The average Bonchev–Trinajstić information content (AvgIpc) is 3.83. The van der Waals surface area contributed by atoms with Gasteiger partial charge in [0.05, 0.1) is 10.9 Å². The number of aliphatic imine (C=N–C) groups is 1. The Bertz CT molecular complexity index is 2350. The highest BCUT2D eigenvalue weighted by Crippen LogP contribution is 2.21. The van der Waals surface area contributed by atoms with Crippen molar-refractivity contribution >= 4 is 70.0 Å². The van der Waals surface area contributed by atoms with Crippen molar-refractivity contribution in [3.8, 4) is 0 Å². The number of carbonyl (C=O) groups excluding carboxylic acids is 7. The number of amides is 6. The van der Waals surface area contributed by atoms with Crippen molar-refractivity contribution in [2.45, 2.75) is 120 Å². The molecule has 6 amide bonds. The molecule has 0 bridgehead atoms. The Labute approximate surface area is 414 Å². The lowest BCUT2D eigenvalue weighted by Gasteiger charge is -2.30. The van der Waals surface area contributed by atoms with Crippen LogP contribution in [0.4, 0.5) is 4.79 Å². The van der Waals surface area contributed by atoms with Crippen molar-refractivity contribution in [1.29, 1.82) is 0 Å². The Kier molecular flexibility index (Phi) is 24.1. The van der Waals surface area contributed by atoms with Crippen LogP contribution in [0.1, 0.15) is 81.4 Å². The fourth-order valence-corrected chi connectivity index (χ4v) is 8.05. The van der Waals surface area contributed by atoms with Crippen LogP contribution in [-0.4, -0.2) is 111 Å². The number of aryl methyl sites for hydroxylation is 1. The fourth-order valence-electron chi connectivity index (χ4n) is 7.10. The summed E-state index contributed by atoms with van der Waals surface area (Å²) in [6.45, 7) is 3.61. The lowest BCUT2D eigenvalue weighted by Crippen LogP contribution is -2.57. The second kappa shape index (κ2) is 29.3. The summed E-state index contributed by atoms with van der Waals surface area (Å²) >= 11 is 0. The molecule has 4 rings (SSSR count). The maximum Gasteiger partial charge on any atom is 0.407 e. The summed E-state index contributed by atoms with van der Waals surface area (Å²) < 4.78 is 38.5. The molecule has 0 radical (unpaired) electrons. The monoisotopic (exact) mass is 1010 g/mol. The Morgan fingerprint density at radius 1 is 0.771 bits per heavy atom. The second-order valence-corrected chi connectivity index (χ2v) is 18.2. The molecule has 382 valence electrons. The SMILES string of the molecule is Cc1ccc(S(=O)(=O)NC(N)=NCCC[C@H](NC(=O)[C@@H](N)CCC(N)=O)C(=O)N2CCC[C@H]2C(=O)N[C@@H](C)C(=O)N[C@@H](CCCCNC(=O)OCc2ccccc2)C(=O)OCc2ccccc2)cc1.Cl. The van der Waals surface area contributed by atoms with Crippen molar-refractivity contribution in [2.75, 3.05) is 19.6 Å². The molecule has 1 aliphatic heterocycles. The molecule has 1 fully saturated rings. The third-order valence-electron chi connectivity index (χ3n) is 11.0. The number of nitrogens with one attached hydrogen (secondary N) is 5. The van der Waals surface area contributed by atoms with Gasteiger partial charge in [-0.1, -0.05) is 78.4 Å². The van der Waals surface area contributed by atoms with Gasteiger partial charge < -0.3 is 52.8 Å². The maximum absolute atomic E-state index is 14.2. The average molecular weight is 1010 g/mol. The van der Waals surface area contributed by atoms with Crippen LogP contribution in [0.5, 0.6) is 0 Å². The van der Waals surface area contributed by atoms with Crippen LogP contribution in [0.25, 0.3) is 0 Å². The highest BCUT2D eigenvalue weighted by Gasteiger charge is 2.39. The number of sulfonamides is 1. The first-order valence-corrected chi connectivity index (χ1v) is 24.2. The quantitative estimate of drug-likeness (QED) is 0.0246. The number of benzene rings is 3. The molecule has 1 heterocycles. The van der Waals surface area contributed by atoms with E-state index in [4.69, 9.17) is 26.7 Å². The van der Waals surface area contributed by atoms with E-state index in [9.17, 15) is 42.0 Å². The number of likely N-dealkylation sites (tertiary alicyclic amines) is 1. The summed E-state index contributed by atoms with van der Waals surface area (Å²) in [5.41, 5.74) is 19.5. The van der Waals surface area contributed by atoms with Gasteiger partial charge >= 0.3 is 12.1 Å². The standard InChI is InChI=1S/C47H64N10O11S.ClH/c1-31-20-22-35(23-21-31)69(65,66)56-46(50)51-27-11-18-37(54-42(60)36(48)24-25-40(49)58)44(62)57-28-12-19-39(57)43(61)53-32(2)41(59)55-38(45(63)67-29-33-13-5-3-6-14-33)17-9-10-26-52-47(64)68-30-34-15-7-4-8-16-34;/h3-8,13-16,20-23,32,36-39H,9-12,17-19,24-30,48H2,1-2H3,(H2,49,58)(H,52,64)(H,53,61)(H,54,60)(H,55,59)(H3,50,51,56);1H/t32-,36-,37-,38-,39-;/m0./s1.